The van der Waals surface area contributed by atoms with Crippen molar-refractivity contribution >= 4 is 41.1 Å². The fraction of sp³-hybridized carbons (Fsp3) is 0.261. The highest BCUT2D eigenvalue weighted by Crippen LogP contribution is 2.35. The number of hydrogen-bond acceptors (Lipinski definition) is 4. The van der Waals surface area contributed by atoms with Gasteiger partial charge in [0.1, 0.15) is 23.2 Å². The molecule has 152 valence electrons. The van der Waals surface area contributed by atoms with Crippen LogP contribution in [0.2, 0.25) is 10.0 Å². The van der Waals surface area contributed by atoms with E-state index >= 15 is 0 Å². The molecular weight excluding hydrogens is 423 g/mol. The van der Waals surface area contributed by atoms with Gasteiger partial charge in [-0.2, -0.15) is 5.26 Å². The Hall–Kier alpha value is -2.81. The molecule has 30 heavy (non-hydrogen) atoms. The number of halogens is 2. The molecular formula is C23H18Cl2N2O3. The fourth-order valence-electron chi connectivity index (χ4n) is 4.00. The maximum Gasteiger partial charge on any atom is 0.271 e. The molecule has 0 unspecified atom stereocenters. The van der Waals surface area contributed by atoms with E-state index in [1.165, 1.54) is 4.90 Å². The first kappa shape index (κ1) is 20.5. The van der Waals surface area contributed by atoms with Gasteiger partial charge in [-0.15, -0.1) is 0 Å². The van der Waals surface area contributed by atoms with Crippen molar-refractivity contribution in [2.45, 2.75) is 38.6 Å². The van der Waals surface area contributed by atoms with Crippen molar-refractivity contribution in [2.75, 3.05) is 0 Å². The van der Waals surface area contributed by atoms with E-state index in [9.17, 15) is 14.9 Å². The maximum atomic E-state index is 13.2. The third-order valence-electron chi connectivity index (χ3n) is 5.57. The molecule has 1 fully saturated rings. The minimum absolute atomic E-state index is 0.00239. The van der Waals surface area contributed by atoms with Gasteiger partial charge in [0.15, 0.2) is 0 Å². The zero-order valence-corrected chi connectivity index (χ0v) is 17.8. The summed E-state index contributed by atoms with van der Waals surface area (Å²) in [5, 5.41) is 10.5. The van der Waals surface area contributed by atoms with E-state index < -0.39 is 5.91 Å². The Morgan fingerprint density at radius 2 is 1.87 bits per heavy atom. The van der Waals surface area contributed by atoms with Crippen LogP contribution >= 0.6 is 23.2 Å². The van der Waals surface area contributed by atoms with E-state index in [0.717, 1.165) is 25.7 Å². The molecule has 1 aromatic carbocycles. The van der Waals surface area contributed by atoms with Crippen molar-refractivity contribution in [1.29, 1.82) is 5.26 Å². The molecule has 0 saturated heterocycles. The summed E-state index contributed by atoms with van der Waals surface area (Å²) < 4.78 is 5.88. The van der Waals surface area contributed by atoms with Gasteiger partial charge in [-0.3, -0.25) is 14.5 Å². The first-order valence-electron chi connectivity index (χ1n) is 9.67. The van der Waals surface area contributed by atoms with Crippen LogP contribution < -0.4 is 0 Å². The number of furan rings is 1. The molecule has 2 heterocycles. The molecule has 0 atom stereocenters. The van der Waals surface area contributed by atoms with Gasteiger partial charge in [-0.05, 0) is 61.7 Å². The van der Waals surface area contributed by atoms with Crippen molar-refractivity contribution in [3.63, 3.8) is 0 Å². The molecule has 0 bridgehead atoms. The molecule has 2 aliphatic rings. The number of nitrogens with zero attached hydrogens (tertiary/aromatic N) is 2. The van der Waals surface area contributed by atoms with Crippen molar-refractivity contribution in [3.05, 3.63) is 62.9 Å². The molecule has 2 aromatic rings. The monoisotopic (exact) mass is 440 g/mol. The first-order chi connectivity index (χ1) is 14.4. The summed E-state index contributed by atoms with van der Waals surface area (Å²) in [7, 11) is 0. The third kappa shape index (κ3) is 3.58. The van der Waals surface area contributed by atoms with E-state index in [1.54, 1.807) is 43.3 Å². The van der Waals surface area contributed by atoms with Crippen LogP contribution in [0.25, 0.3) is 17.4 Å². The van der Waals surface area contributed by atoms with E-state index in [1.807, 2.05) is 6.07 Å². The van der Waals surface area contributed by atoms with Crippen molar-refractivity contribution in [1.82, 2.24) is 4.90 Å². The SMILES string of the molecule is CC1=C(C#N)C(=O)N(C2CCCC2)C(=O)/C1=C/c1ccc(-c2cc(Cl)ccc2Cl)o1. The highest BCUT2D eigenvalue weighted by atomic mass is 35.5. The van der Waals surface area contributed by atoms with Crippen LogP contribution in [0.5, 0.6) is 0 Å². The van der Waals surface area contributed by atoms with Crippen molar-refractivity contribution < 1.29 is 14.0 Å². The number of imide groups is 1. The van der Waals surface area contributed by atoms with Gasteiger partial charge < -0.3 is 4.42 Å². The normalized spacial score (nSPS) is 19.1. The van der Waals surface area contributed by atoms with Crippen LogP contribution in [0.15, 0.2) is 51.5 Å². The van der Waals surface area contributed by atoms with Crippen LogP contribution in [0, 0.1) is 11.3 Å². The predicted molar refractivity (Wildman–Crippen MR) is 115 cm³/mol. The Bertz CT molecular complexity index is 1150. The second-order valence-corrected chi connectivity index (χ2v) is 8.26. The van der Waals surface area contributed by atoms with Gasteiger partial charge in [0.25, 0.3) is 11.8 Å². The van der Waals surface area contributed by atoms with E-state index in [4.69, 9.17) is 27.6 Å². The van der Waals surface area contributed by atoms with E-state index in [0.29, 0.717) is 32.7 Å². The molecule has 1 aliphatic carbocycles. The Kier molecular flexibility index (Phi) is 5.55. The Morgan fingerprint density at radius 1 is 1.13 bits per heavy atom. The second kappa shape index (κ2) is 8.14. The molecule has 1 aliphatic heterocycles. The number of carbonyl (C=O) groups excluding carboxylic acids is 2. The number of nitriles is 1. The van der Waals surface area contributed by atoms with Gasteiger partial charge in [-0.25, -0.2) is 0 Å². The minimum atomic E-state index is -0.505. The fourth-order valence-corrected chi connectivity index (χ4v) is 4.38. The summed E-state index contributed by atoms with van der Waals surface area (Å²) >= 11 is 12.3. The summed E-state index contributed by atoms with van der Waals surface area (Å²) in [6, 6.07) is 10.3. The molecule has 0 radical (unpaired) electrons. The Labute approximate surface area is 184 Å². The quantitative estimate of drug-likeness (QED) is 0.447. The molecule has 1 saturated carbocycles. The number of carbonyl (C=O) groups is 2. The van der Waals surface area contributed by atoms with Gasteiger partial charge in [-0.1, -0.05) is 36.0 Å². The molecule has 0 spiro atoms. The lowest BCUT2D eigenvalue weighted by molar-refractivity contribution is -0.143. The molecule has 0 N–H and O–H groups in total. The van der Waals surface area contributed by atoms with Gasteiger partial charge >= 0.3 is 0 Å². The summed E-state index contributed by atoms with van der Waals surface area (Å²) in [5.74, 6) is 0.0299. The highest BCUT2D eigenvalue weighted by Gasteiger charge is 2.40. The largest absolute Gasteiger partial charge is 0.457 e. The molecule has 1 aromatic heterocycles. The third-order valence-corrected chi connectivity index (χ3v) is 6.13. The molecule has 5 nitrogen and oxygen atoms in total. The highest BCUT2D eigenvalue weighted by molar-refractivity contribution is 6.35. The predicted octanol–water partition coefficient (Wildman–Crippen LogP) is 5.79. The first-order valence-corrected chi connectivity index (χ1v) is 10.4. The second-order valence-electron chi connectivity index (χ2n) is 7.41. The van der Waals surface area contributed by atoms with Crippen LogP contribution in [0.3, 0.4) is 0 Å². The average Bonchev–Trinajstić information content (AvgIpc) is 3.40. The summed E-state index contributed by atoms with van der Waals surface area (Å²) in [4.78, 5) is 27.2. The lowest BCUT2D eigenvalue weighted by Gasteiger charge is -2.31. The van der Waals surface area contributed by atoms with Gasteiger partial charge in [0, 0.05) is 22.2 Å². The summed E-state index contributed by atoms with van der Waals surface area (Å²) in [6.45, 7) is 1.61. The number of benzene rings is 1. The smallest absolute Gasteiger partial charge is 0.271 e. The topological polar surface area (TPSA) is 74.3 Å². The lowest BCUT2D eigenvalue weighted by Crippen LogP contribution is -2.47. The number of rotatable bonds is 3. The Balaban J connectivity index is 1.75. The zero-order chi connectivity index (χ0) is 21.4. The van der Waals surface area contributed by atoms with Crippen LogP contribution in [0.4, 0.5) is 0 Å². The van der Waals surface area contributed by atoms with Gasteiger partial charge in [0.2, 0.25) is 0 Å². The Morgan fingerprint density at radius 3 is 2.57 bits per heavy atom. The van der Waals surface area contributed by atoms with Crippen LogP contribution in [-0.2, 0) is 9.59 Å². The molecule has 4 rings (SSSR count). The summed E-state index contributed by atoms with van der Waals surface area (Å²) in [5.41, 5.74) is 1.28. The zero-order valence-electron chi connectivity index (χ0n) is 16.2. The number of amides is 2. The average molecular weight is 441 g/mol. The molecule has 2 amide bonds. The molecule has 7 heteroatoms. The van der Waals surface area contributed by atoms with Gasteiger partial charge in [0.05, 0.1) is 5.02 Å². The van der Waals surface area contributed by atoms with E-state index in [2.05, 4.69) is 0 Å². The van der Waals surface area contributed by atoms with E-state index in [-0.39, 0.29) is 23.1 Å². The van der Waals surface area contributed by atoms with Crippen molar-refractivity contribution in [3.8, 4) is 17.4 Å². The van der Waals surface area contributed by atoms with Crippen LogP contribution in [0.1, 0.15) is 38.4 Å². The summed E-state index contributed by atoms with van der Waals surface area (Å²) in [6.07, 6.45) is 5.04. The maximum absolute atomic E-state index is 13.2. The van der Waals surface area contributed by atoms with Crippen LogP contribution in [-0.4, -0.2) is 22.8 Å². The lowest BCUT2D eigenvalue weighted by atomic mass is 9.93. The van der Waals surface area contributed by atoms with Crippen molar-refractivity contribution in [2.24, 2.45) is 0 Å². The minimum Gasteiger partial charge on any atom is -0.457 e. The standard InChI is InChI=1S/C23H18Cl2N2O3/c1-13-17(22(28)27(15-4-2-3-5-15)23(29)19(13)12-26)11-16-7-9-21(30-16)18-10-14(24)6-8-20(18)25/h6-11,15H,2-5H2,1H3/b17-11+. The number of hydrogen-bond donors (Lipinski definition) is 0.